The molecule has 0 unspecified atom stereocenters. The number of nitrogens with zero attached hydrogens (tertiary/aromatic N) is 3. The number of amides is 1. The number of sulfone groups is 1. The van der Waals surface area contributed by atoms with Crippen molar-refractivity contribution in [3.05, 3.63) is 41.5 Å². The molecule has 0 fully saturated rings. The number of benzene rings is 1. The Hall–Kier alpha value is -2.22. The third kappa shape index (κ3) is 4.38. The minimum Gasteiger partial charge on any atom is -0.338 e. The standard InChI is InChI=1S/C15H19N3O4S/c1-4-18(13-8-6-5-7-11(13)2)15(19)10-23(20,21)9-14-16-12(3)17-22-14/h5-8H,4,9-10H2,1-3H3. The van der Waals surface area contributed by atoms with Crippen LogP contribution in [0.3, 0.4) is 0 Å². The molecular weight excluding hydrogens is 318 g/mol. The Morgan fingerprint density at radius 3 is 2.52 bits per heavy atom. The van der Waals surface area contributed by atoms with E-state index in [4.69, 9.17) is 4.52 Å². The van der Waals surface area contributed by atoms with Crippen LogP contribution >= 0.6 is 0 Å². The van der Waals surface area contributed by atoms with Gasteiger partial charge in [0.1, 0.15) is 11.5 Å². The van der Waals surface area contributed by atoms with Crippen molar-refractivity contribution < 1.29 is 17.7 Å². The van der Waals surface area contributed by atoms with E-state index in [1.54, 1.807) is 19.9 Å². The van der Waals surface area contributed by atoms with E-state index >= 15 is 0 Å². The molecule has 0 atom stereocenters. The van der Waals surface area contributed by atoms with Gasteiger partial charge in [0.15, 0.2) is 15.7 Å². The summed E-state index contributed by atoms with van der Waals surface area (Å²) in [6.45, 7) is 5.67. The molecule has 23 heavy (non-hydrogen) atoms. The highest BCUT2D eigenvalue weighted by Gasteiger charge is 2.25. The topological polar surface area (TPSA) is 93.4 Å². The summed E-state index contributed by atoms with van der Waals surface area (Å²) in [5, 5.41) is 3.54. The smallest absolute Gasteiger partial charge is 0.242 e. The van der Waals surface area contributed by atoms with E-state index in [0.717, 1.165) is 5.56 Å². The van der Waals surface area contributed by atoms with E-state index in [1.807, 2.05) is 25.1 Å². The molecule has 1 amide bonds. The number of aryl methyl sites for hydroxylation is 2. The molecule has 0 spiro atoms. The summed E-state index contributed by atoms with van der Waals surface area (Å²) >= 11 is 0. The highest BCUT2D eigenvalue weighted by molar-refractivity contribution is 7.91. The van der Waals surface area contributed by atoms with Crippen LogP contribution in [0.15, 0.2) is 28.8 Å². The first-order chi connectivity index (χ1) is 10.8. The van der Waals surface area contributed by atoms with Crippen LogP contribution in [0.1, 0.15) is 24.2 Å². The molecule has 124 valence electrons. The van der Waals surface area contributed by atoms with E-state index in [2.05, 4.69) is 10.1 Å². The van der Waals surface area contributed by atoms with Crippen molar-refractivity contribution in [3.8, 4) is 0 Å². The Balaban J connectivity index is 2.14. The monoisotopic (exact) mass is 337 g/mol. The van der Waals surface area contributed by atoms with Crippen LogP contribution in [-0.2, 0) is 20.4 Å². The summed E-state index contributed by atoms with van der Waals surface area (Å²) in [6, 6.07) is 7.35. The molecular formula is C15H19N3O4S. The molecule has 1 aromatic carbocycles. The van der Waals surface area contributed by atoms with Crippen LogP contribution in [0, 0.1) is 13.8 Å². The summed E-state index contributed by atoms with van der Waals surface area (Å²) < 4.78 is 29.2. The summed E-state index contributed by atoms with van der Waals surface area (Å²) in [4.78, 5) is 17.7. The van der Waals surface area contributed by atoms with Gasteiger partial charge in [-0.2, -0.15) is 4.98 Å². The van der Waals surface area contributed by atoms with Gasteiger partial charge in [0, 0.05) is 12.2 Å². The molecule has 0 saturated heterocycles. The first-order valence-electron chi connectivity index (χ1n) is 7.18. The van der Waals surface area contributed by atoms with E-state index in [1.165, 1.54) is 4.90 Å². The van der Waals surface area contributed by atoms with Gasteiger partial charge < -0.3 is 9.42 Å². The van der Waals surface area contributed by atoms with Gasteiger partial charge in [-0.3, -0.25) is 4.79 Å². The molecule has 7 nitrogen and oxygen atoms in total. The van der Waals surface area contributed by atoms with E-state index in [0.29, 0.717) is 18.1 Å². The van der Waals surface area contributed by atoms with Crippen LogP contribution in [0.2, 0.25) is 0 Å². The molecule has 0 aliphatic carbocycles. The Kier molecular flexibility index (Phi) is 5.15. The van der Waals surface area contributed by atoms with E-state index in [-0.39, 0.29) is 5.89 Å². The van der Waals surface area contributed by atoms with Gasteiger partial charge in [-0.1, -0.05) is 23.4 Å². The molecule has 0 radical (unpaired) electrons. The number of carbonyl (C=O) groups is 1. The minimum absolute atomic E-state index is 0.00533. The maximum Gasteiger partial charge on any atom is 0.242 e. The Labute approximate surface area is 135 Å². The molecule has 0 bridgehead atoms. The number of rotatable bonds is 6. The lowest BCUT2D eigenvalue weighted by molar-refractivity contribution is -0.116. The summed E-state index contributed by atoms with van der Waals surface area (Å²) in [7, 11) is -3.68. The van der Waals surface area contributed by atoms with Crippen LogP contribution in [0.5, 0.6) is 0 Å². The normalized spacial score (nSPS) is 11.4. The van der Waals surface area contributed by atoms with Crippen LogP contribution < -0.4 is 4.90 Å². The van der Waals surface area contributed by atoms with Crippen molar-refractivity contribution in [1.29, 1.82) is 0 Å². The highest BCUT2D eigenvalue weighted by atomic mass is 32.2. The Morgan fingerprint density at radius 1 is 1.26 bits per heavy atom. The fourth-order valence-corrected chi connectivity index (χ4v) is 3.38. The number of anilines is 1. The van der Waals surface area contributed by atoms with Crippen molar-refractivity contribution >= 4 is 21.4 Å². The average molecular weight is 337 g/mol. The molecule has 2 rings (SSSR count). The number of carbonyl (C=O) groups excluding carboxylic acids is 1. The molecule has 2 aromatic rings. The predicted molar refractivity (Wildman–Crippen MR) is 85.7 cm³/mol. The molecule has 0 N–H and O–H groups in total. The predicted octanol–water partition coefficient (Wildman–Crippen LogP) is 1.65. The van der Waals surface area contributed by atoms with Crippen molar-refractivity contribution in [3.63, 3.8) is 0 Å². The fourth-order valence-electron chi connectivity index (χ4n) is 2.25. The van der Waals surface area contributed by atoms with Gasteiger partial charge in [0.2, 0.25) is 11.8 Å². The van der Waals surface area contributed by atoms with E-state index < -0.39 is 27.3 Å². The minimum atomic E-state index is -3.68. The van der Waals surface area contributed by atoms with Crippen LogP contribution in [0.25, 0.3) is 0 Å². The third-order valence-electron chi connectivity index (χ3n) is 3.28. The fraction of sp³-hybridized carbons (Fsp3) is 0.400. The molecule has 0 saturated carbocycles. The molecule has 1 aromatic heterocycles. The largest absolute Gasteiger partial charge is 0.338 e. The van der Waals surface area contributed by atoms with Gasteiger partial charge in [0.05, 0.1) is 0 Å². The van der Waals surface area contributed by atoms with Crippen molar-refractivity contribution in [1.82, 2.24) is 10.1 Å². The van der Waals surface area contributed by atoms with Crippen molar-refractivity contribution in [2.45, 2.75) is 26.5 Å². The average Bonchev–Trinajstić information content (AvgIpc) is 2.85. The summed E-state index contributed by atoms with van der Waals surface area (Å²) in [5.41, 5.74) is 1.62. The zero-order valence-corrected chi connectivity index (χ0v) is 14.1. The maximum atomic E-state index is 12.4. The quantitative estimate of drug-likeness (QED) is 0.796. The Bertz CT molecular complexity index is 799. The number of aromatic nitrogens is 2. The van der Waals surface area contributed by atoms with Crippen LogP contribution in [0.4, 0.5) is 5.69 Å². The van der Waals surface area contributed by atoms with E-state index in [9.17, 15) is 13.2 Å². The van der Waals surface area contributed by atoms with Gasteiger partial charge >= 0.3 is 0 Å². The van der Waals surface area contributed by atoms with Gasteiger partial charge in [0.25, 0.3) is 0 Å². The lowest BCUT2D eigenvalue weighted by Gasteiger charge is -2.22. The first kappa shape index (κ1) is 17.1. The highest BCUT2D eigenvalue weighted by Crippen LogP contribution is 2.20. The molecule has 0 aliphatic heterocycles. The molecule has 0 aliphatic rings. The molecule has 8 heteroatoms. The Morgan fingerprint density at radius 2 is 1.96 bits per heavy atom. The lowest BCUT2D eigenvalue weighted by atomic mass is 10.2. The van der Waals surface area contributed by atoms with Crippen molar-refractivity contribution in [2.24, 2.45) is 0 Å². The summed E-state index contributed by atoms with van der Waals surface area (Å²) in [5.74, 6) is -1.16. The van der Waals surface area contributed by atoms with Gasteiger partial charge in [-0.05, 0) is 32.4 Å². The number of hydrogen-bond donors (Lipinski definition) is 0. The summed E-state index contributed by atoms with van der Waals surface area (Å²) in [6.07, 6.45) is 0. The number of para-hydroxylation sites is 1. The van der Waals surface area contributed by atoms with Crippen molar-refractivity contribution in [2.75, 3.05) is 17.2 Å². The zero-order valence-electron chi connectivity index (χ0n) is 13.3. The SMILES string of the molecule is CCN(C(=O)CS(=O)(=O)Cc1nc(C)no1)c1ccccc1C. The van der Waals surface area contributed by atoms with Gasteiger partial charge in [-0.25, -0.2) is 8.42 Å². The molecule has 1 heterocycles. The van der Waals surface area contributed by atoms with Gasteiger partial charge in [-0.15, -0.1) is 0 Å². The first-order valence-corrected chi connectivity index (χ1v) is 9.00. The number of hydrogen-bond acceptors (Lipinski definition) is 6. The second kappa shape index (κ2) is 6.91. The maximum absolute atomic E-state index is 12.4. The zero-order chi connectivity index (χ0) is 17.0. The third-order valence-corrected chi connectivity index (χ3v) is 4.65. The second-order valence-corrected chi connectivity index (χ2v) is 7.26. The van der Waals surface area contributed by atoms with Crippen LogP contribution in [-0.4, -0.2) is 36.8 Å². The lowest BCUT2D eigenvalue weighted by Crippen LogP contribution is -2.36. The second-order valence-electron chi connectivity index (χ2n) is 5.19.